The van der Waals surface area contributed by atoms with E-state index in [9.17, 15) is 9.50 Å². The van der Waals surface area contributed by atoms with Crippen LogP contribution in [-0.4, -0.2) is 5.11 Å². The zero-order chi connectivity index (χ0) is 14.7. The van der Waals surface area contributed by atoms with Crippen molar-refractivity contribution >= 4 is 23.2 Å². The number of rotatable bonds is 4. The summed E-state index contributed by atoms with van der Waals surface area (Å²) >= 11 is 11.7. The molecule has 0 spiro atoms. The van der Waals surface area contributed by atoms with E-state index < -0.39 is 6.10 Å². The van der Waals surface area contributed by atoms with Gasteiger partial charge in [0, 0.05) is 21.2 Å². The molecule has 0 bridgehead atoms. The molecule has 2 nitrogen and oxygen atoms in total. The summed E-state index contributed by atoms with van der Waals surface area (Å²) in [5.74, 6) is 0.0748. The first-order valence-electron chi connectivity index (χ1n) is 6.01. The van der Waals surface area contributed by atoms with E-state index in [1.165, 1.54) is 18.2 Å². The lowest BCUT2D eigenvalue weighted by Crippen LogP contribution is -2.02. The smallest absolute Gasteiger partial charge is 0.129 e. The second kappa shape index (κ2) is 6.44. The van der Waals surface area contributed by atoms with Gasteiger partial charge in [-0.15, -0.1) is 0 Å². The fourth-order valence-corrected chi connectivity index (χ4v) is 2.16. The summed E-state index contributed by atoms with van der Waals surface area (Å²) in [6.45, 7) is 1.63. The van der Waals surface area contributed by atoms with Gasteiger partial charge in [0.05, 0.1) is 6.10 Å². The standard InChI is InChI=1S/C15H13Cl2FO2/c1-9(19)13-7-12(17)3-5-15(13)20-8-10-6-11(16)2-4-14(10)18/h2-7,9,19H,8H2,1H3/t9-/m1/s1. The van der Waals surface area contributed by atoms with Gasteiger partial charge >= 0.3 is 0 Å². The van der Waals surface area contributed by atoms with Crippen molar-refractivity contribution in [2.45, 2.75) is 19.6 Å². The molecular weight excluding hydrogens is 302 g/mol. The highest BCUT2D eigenvalue weighted by Gasteiger charge is 2.11. The largest absolute Gasteiger partial charge is 0.488 e. The molecule has 0 aromatic heterocycles. The molecule has 0 saturated carbocycles. The van der Waals surface area contributed by atoms with E-state index in [1.807, 2.05) is 0 Å². The van der Waals surface area contributed by atoms with Crippen LogP contribution in [0.1, 0.15) is 24.2 Å². The van der Waals surface area contributed by atoms with Crippen LogP contribution in [0.15, 0.2) is 36.4 Å². The van der Waals surface area contributed by atoms with Gasteiger partial charge in [-0.25, -0.2) is 4.39 Å². The van der Waals surface area contributed by atoms with Gasteiger partial charge in [0.25, 0.3) is 0 Å². The van der Waals surface area contributed by atoms with Gasteiger partial charge in [0.1, 0.15) is 18.2 Å². The van der Waals surface area contributed by atoms with Crippen LogP contribution in [0.5, 0.6) is 5.75 Å². The van der Waals surface area contributed by atoms with Crippen molar-refractivity contribution in [2.75, 3.05) is 0 Å². The average molecular weight is 315 g/mol. The van der Waals surface area contributed by atoms with Crippen molar-refractivity contribution < 1.29 is 14.2 Å². The van der Waals surface area contributed by atoms with Crippen molar-refractivity contribution in [1.29, 1.82) is 0 Å². The van der Waals surface area contributed by atoms with Gasteiger partial charge in [0.15, 0.2) is 0 Å². The Balaban J connectivity index is 2.20. The van der Waals surface area contributed by atoms with Crippen LogP contribution in [0.25, 0.3) is 0 Å². The lowest BCUT2D eigenvalue weighted by molar-refractivity contribution is 0.190. The molecule has 0 saturated heterocycles. The van der Waals surface area contributed by atoms with E-state index in [0.717, 1.165) is 0 Å². The first-order chi connectivity index (χ1) is 9.47. The highest BCUT2D eigenvalue weighted by atomic mass is 35.5. The lowest BCUT2D eigenvalue weighted by Gasteiger charge is -2.14. The number of halogens is 3. The Hall–Kier alpha value is -1.29. The summed E-state index contributed by atoms with van der Waals surface area (Å²) in [4.78, 5) is 0. The van der Waals surface area contributed by atoms with E-state index in [-0.39, 0.29) is 12.4 Å². The molecule has 1 atom stereocenters. The Kier molecular flexibility index (Phi) is 4.86. The van der Waals surface area contributed by atoms with Crippen molar-refractivity contribution in [3.63, 3.8) is 0 Å². The fraction of sp³-hybridized carbons (Fsp3) is 0.200. The van der Waals surface area contributed by atoms with Gasteiger partial charge in [-0.05, 0) is 43.3 Å². The van der Waals surface area contributed by atoms with E-state index in [0.29, 0.717) is 26.9 Å². The molecule has 2 aromatic carbocycles. The molecule has 0 heterocycles. The lowest BCUT2D eigenvalue weighted by atomic mass is 10.1. The van der Waals surface area contributed by atoms with Crippen LogP contribution in [0.4, 0.5) is 4.39 Å². The first kappa shape index (κ1) is 15.1. The monoisotopic (exact) mass is 314 g/mol. The minimum absolute atomic E-state index is 0.0216. The molecule has 5 heteroatoms. The number of hydrogen-bond donors (Lipinski definition) is 1. The summed E-state index contributed by atoms with van der Waals surface area (Å²) in [6, 6.07) is 9.19. The second-order valence-electron chi connectivity index (χ2n) is 4.38. The molecule has 0 aliphatic carbocycles. The van der Waals surface area contributed by atoms with Gasteiger partial charge in [-0.2, -0.15) is 0 Å². The predicted octanol–water partition coefficient (Wildman–Crippen LogP) is 4.76. The molecule has 0 fully saturated rings. The minimum Gasteiger partial charge on any atom is -0.488 e. The van der Waals surface area contributed by atoms with Crippen LogP contribution in [-0.2, 0) is 6.61 Å². The van der Waals surface area contributed by atoms with Gasteiger partial charge in [0.2, 0.25) is 0 Å². The Morgan fingerprint density at radius 3 is 2.50 bits per heavy atom. The molecule has 2 rings (SSSR count). The van der Waals surface area contributed by atoms with Gasteiger partial charge in [-0.1, -0.05) is 23.2 Å². The summed E-state index contributed by atoms with van der Waals surface area (Å²) < 4.78 is 19.1. The molecule has 0 unspecified atom stereocenters. The molecule has 20 heavy (non-hydrogen) atoms. The Morgan fingerprint density at radius 1 is 1.15 bits per heavy atom. The number of benzene rings is 2. The van der Waals surface area contributed by atoms with E-state index >= 15 is 0 Å². The Bertz CT molecular complexity index is 615. The molecule has 0 amide bonds. The second-order valence-corrected chi connectivity index (χ2v) is 5.26. The van der Waals surface area contributed by atoms with Crippen LogP contribution in [0, 0.1) is 5.82 Å². The molecule has 0 radical (unpaired) electrons. The van der Waals surface area contributed by atoms with Crippen molar-refractivity contribution in [3.05, 3.63) is 63.4 Å². The van der Waals surface area contributed by atoms with Crippen LogP contribution in [0.3, 0.4) is 0 Å². The minimum atomic E-state index is -0.729. The highest BCUT2D eigenvalue weighted by molar-refractivity contribution is 6.30. The summed E-state index contributed by atoms with van der Waals surface area (Å²) in [7, 11) is 0. The fourth-order valence-electron chi connectivity index (χ4n) is 1.79. The van der Waals surface area contributed by atoms with Gasteiger partial charge in [-0.3, -0.25) is 0 Å². The van der Waals surface area contributed by atoms with Crippen LogP contribution < -0.4 is 4.74 Å². The number of aliphatic hydroxyl groups excluding tert-OH is 1. The third kappa shape index (κ3) is 3.63. The molecular formula is C15H13Cl2FO2. The normalized spacial score (nSPS) is 12.2. The third-order valence-corrected chi connectivity index (χ3v) is 3.28. The zero-order valence-electron chi connectivity index (χ0n) is 10.7. The van der Waals surface area contributed by atoms with Crippen molar-refractivity contribution in [2.24, 2.45) is 0 Å². The number of hydrogen-bond acceptors (Lipinski definition) is 2. The van der Waals surface area contributed by atoms with E-state index in [1.54, 1.807) is 25.1 Å². The van der Waals surface area contributed by atoms with Crippen molar-refractivity contribution in [1.82, 2.24) is 0 Å². The highest BCUT2D eigenvalue weighted by Crippen LogP contribution is 2.29. The zero-order valence-corrected chi connectivity index (χ0v) is 12.2. The van der Waals surface area contributed by atoms with Crippen LogP contribution in [0.2, 0.25) is 10.0 Å². The summed E-state index contributed by atoms with van der Waals surface area (Å²) in [5.41, 5.74) is 0.906. The summed E-state index contributed by atoms with van der Waals surface area (Å²) in [6.07, 6.45) is -0.729. The average Bonchev–Trinajstić information content (AvgIpc) is 2.40. The third-order valence-electron chi connectivity index (χ3n) is 2.81. The molecule has 0 aliphatic heterocycles. The summed E-state index contributed by atoms with van der Waals surface area (Å²) in [5, 5.41) is 10.6. The first-order valence-corrected chi connectivity index (χ1v) is 6.77. The number of aliphatic hydroxyl groups is 1. The maximum atomic E-state index is 13.6. The molecule has 0 aliphatic rings. The van der Waals surface area contributed by atoms with Crippen molar-refractivity contribution in [3.8, 4) is 5.75 Å². The van der Waals surface area contributed by atoms with Gasteiger partial charge < -0.3 is 9.84 Å². The predicted molar refractivity (Wildman–Crippen MR) is 77.8 cm³/mol. The number of ether oxygens (including phenoxy) is 1. The molecule has 1 N–H and O–H groups in total. The van der Waals surface area contributed by atoms with E-state index in [4.69, 9.17) is 27.9 Å². The quantitative estimate of drug-likeness (QED) is 0.881. The maximum Gasteiger partial charge on any atom is 0.129 e. The topological polar surface area (TPSA) is 29.5 Å². The Morgan fingerprint density at radius 2 is 1.80 bits per heavy atom. The molecule has 2 aromatic rings. The molecule has 106 valence electrons. The van der Waals surface area contributed by atoms with Crippen LogP contribution >= 0.6 is 23.2 Å². The Labute approximate surface area is 126 Å². The maximum absolute atomic E-state index is 13.6. The van der Waals surface area contributed by atoms with E-state index in [2.05, 4.69) is 0 Å². The SMILES string of the molecule is C[C@@H](O)c1cc(Cl)ccc1OCc1cc(Cl)ccc1F.